The van der Waals surface area contributed by atoms with Gasteiger partial charge in [0.15, 0.2) is 0 Å². The van der Waals surface area contributed by atoms with Gasteiger partial charge in [0.1, 0.15) is 18.0 Å². The first kappa shape index (κ1) is 21.3. The molecular weight excluding hydrogens is 436 g/mol. The van der Waals surface area contributed by atoms with Crippen molar-refractivity contribution in [2.45, 2.75) is 89.7 Å². The Balaban J connectivity index is 1.59. The van der Waals surface area contributed by atoms with Gasteiger partial charge in [0, 0.05) is 31.6 Å². The molecule has 4 saturated carbocycles. The molecular formula is C23H33BrO5. The highest BCUT2D eigenvalue weighted by molar-refractivity contribution is 9.09. The zero-order valence-corrected chi connectivity index (χ0v) is 19.5. The van der Waals surface area contributed by atoms with Gasteiger partial charge in [-0.1, -0.05) is 29.8 Å². The number of carbonyl (C=O) groups is 3. The van der Waals surface area contributed by atoms with E-state index >= 15 is 0 Å². The van der Waals surface area contributed by atoms with E-state index in [4.69, 9.17) is 9.47 Å². The third kappa shape index (κ3) is 3.37. The van der Waals surface area contributed by atoms with E-state index in [1.54, 1.807) is 0 Å². The Labute approximate surface area is 181 Å². The van der Waals surface area contributed by atoms with E-state index in [0.29, 0.717) is 36.4 Å². The number of ether oxygens (including phenoxy) is 2. The summed E-state index contributed by atoms with van der Waals surface area (Å²) in [4.78, 5) is 36.6. The molecule has 5 nitrogen and oxygen atoms in total. The molecule has 0 spiro atoms. The Hall–Kier alpha value is -0.910. The number of Topliss-reactive ketones (excluding diaryl/α,β-unsaturated/α-hetero) is 1. The van der Waals surface area contributed by atoms with Crippen LogP contribution in [0.1, 0.15) is 72.6 Å². The van der Waals surface area contributed by atoms with Gasteiger partial charge in [-0.15, -0.1) is 0 Å². The third-order valence-electron chi connectivity index (χ3n) is 8.95. The molecule has 0 radical (unpaired) electrons. The average Bonchev–Trinajstić information content (AvgIpc) is 2.92. The predicted molar refractivity (Wildman–Crippen MR) is 111 cm³/mol. The lowest BCUT2D eigenvalue weighted by Crippen LogP contribution is -2.59. The van der Waals surface area contributed by atoms with Gasteiger partial charge in [-0.2, -0.15) is 0 Å². The average molecular weight is 469 g/mol. The molecule has 0 aromatic rings. The molecule has 162 valence electrons. The topological polar surface area (TPSA) is 69.7 Å². The molecule has 6 heteroatoms. The molecule has 4 aliphatic rings. The summed E-state index contributed by atoms with van der Waals surface area (Å²) in [7, 11) is 0. The summed E-state index contributed by atoms with van der Waals surface area (Å²) < 4.78 is 11.2. The smallest absolute Gasteiger partial charge is 0.302 e. The second-order valence-corrected chi connectivity index (χ2v) is 11.6. The second-order valence-electron chi connectivity index (χ2n) is 10.4. The van der Waals surface area contributed by atoms with Crippen LogP contribution in [0.3, 0.4) is 0 Å². The van der Waals surface area contributed by atoms with Crippen molar-refractivity contribution in [1.29, 1.82) is 0 Å². The van der Waals surface area contributed by atoms with Crippen molar-refractivity contribution in [1.82, 2.24) is 0 Å². The lowest BCUT2D eigenvalue weighted by atomic mass is 9.45. The van der Waals surface area contributed by atoms with Crippen LogP contribution >= 0.6 is 15.9 Å². The van der Waals surface area contributed by atoms with Crippen molar-refractivity contribution in [3.8, 4) is 0 Å². The van der Waals surface area contributed by atoms with E-state index in [1.165, 1.54) is 13.8 Å². The van der Waals surface area contributed by atoms with Crippen LogP contribution in [-0.4, -0.2) is 34.8 Å². The molecule has 4 fully saturated rings. The minimum Gasteiger partial charge on any atom is -0.462 e. The number of rotatable bonds is 2. The summed E-state index contributed by atoms with van der Waals surface area (Å²) in [5.41, 5.74) is -0.0786. The first-order valence-corrected chi connectivity index (χ1v) is 12.0. The van der Waals surface area contributed by atoms with E-state index < -0.39 is 0 Å². The fraction of sp³-hybridized carbons (Fsp3) is 0.870. The van der Waals surface area contributed by atoms with Gasteiger partial charge in [-0.25, -0.2) is 0 Å². The van der Waals surface area contributed by atoms with Crippen LogP contribution in [0.15, 0.2) is 0 Å². The Morgan fingerprint density at radius 3 is 2.31 bits per heavy atom. The summed E-state index contributed by atoms with van der Waals surface area (Å²) in [5, 5.41) is 0. The third-order valence-corrected chi connectivity index (χ3v) is 9.86. The van der Waals surface area contributed by atoms with Crippen molar-refractivity contribution in [2.75, 3.05) is 0 Å². The minimum absolute atomic E-state index is 0.0148. The van der Waals surface area contributed by atoms with Crippen LogP contribution in [0.2, 0.25) is 0 Å². The molecule has 4 rings (SSSR count). The molecule has 0 saturated heterocycles. The van der Waals surface area contributed by atoms with Gasteiger partial charge in [0.2, 0.25) is 0 Å². The van der Waals surface area contributed by atoms with E-state index in [1.807, 2.05) is 0 Å². The SMILES string of the molecule is CC(=O)OC1CC2C(=O)C[C@@H]3[C@H](CC[C@]4(C)C(OC(C)=O)CC[C@@H]34)[C@@]2(C)CC1Br. The molecule has 29 heavy (non-hydrogen) atoms. The van der Waals surface area contributed by atoms with E-state index in [0.717, 1.165) is 32.1 Å². The number of ketones is 1. The maximum absolute atomic E-state index is 13.3. The quantitative estimate of drug-likeness (QED) is 0.442. The molecule has 0 amide bonds. The largest absolute Gasteiger partial charge is 0.462 e. The number of hydrogen-bond donors (Lipinski definition) is 0. The molecule has 0 aromatic heterocycles. The van der Waals surface area contributed by atoms with Gasteiger partial charge in [-0.05, 0) is 61.7 Å². The van der Waals surface area contributed by atoms with Gasteiger partial charge >= 0.3 is 11.9 Å². The maximum atomic E-state index is 13.3. The highest BCUT2D eigenvalue weighted by atomic mass is 79.9. The standard InChI is InChI=1S/C23H33BrO5/c1-12(25)28-20-10-17-19(27)9-14-15-5-6-21(29-13(2)26)22(15,3)8-7-16(14)23(17,4)11-18(20)24/h14-18,20-21H,5-11H2,1-4H3/t14-,15-,16-,17?,18?,20?,21?,22-,23+/m0/s1. The van der Waals surface area contributed by atoms with Crippen molar-refractivity contribution < 1.29 is 23.9 Å². The summed E-state index contributed by atoms with van der Waals surface area (Å²) in [6.07, 6.45) is 5.95. The maximum Gasteiger partial charge on any atom is 0.302 e. The molecule has 0 N–H and O–H groups in total. The predicted octanol–water partition coefficient (Wildman–Crippen LogP) is 4.44. The van der Waals surface area contributed by atoms with Crippen molar-refractivity contribution in [3.63, 3.8) is 0 Å². The van der Waals surface area contributed by atoms with Gasteiger partial charge in [-0.3, -0.25) is 14.4 Å². The zero-order valence-electron chi connectivity index (χ0n) is 17.9. The van der Waals surface area contributed by atoms with Crippen LogP contribution < -0.4 is 0 Å². The van der Waals surface area contributed by atoms with Crippen LogP contribution in [0.5, 0.6) is 0 Å². The van der Waals surface area contributed by atoms with Crippen LogP contribution in [-0.2, 0) is 23.9 Å². The lowest BCUT2D eigenvalue weighted by Gasteiger charge is -2.60. The first-order chi connectivity index (χ1) is 13.6. The van der Waals surface area contributed by atoms with Crippen LogP contribution in [0.25, 0.3) is 0 Å². The summed E-state index contributed by atoms with van der Waals surface area (Å²) in [6.45, 7) is 7.51. The van der Waals surface area contributed by atoms with Crippen LogP contribution in [0, 0.1) is 34.5 Å². The Kier molecular flexibility index (Phi) is 5.40. The molecule has 0 aliphatic heterocycles. The molecule has 0 bridgehead atoms. The fourth-order valence-corrected chi connectivity index (χ4v) is 8.72. The first-order valence-electron chi connectivity index (χ1n) is 11.1. The molecule has 9 atom stereocenters. The number of carbonyl (C=O) groups excluding carboxylic acids is 3. The number of esters is 2. The minimum atomic E-state index is -0.278. The van der Waals surface area contributed by atoms with E-state index in [9.17, 15) is 14.4 Å². The molecule has 0 heterocycles. The number of hydrogen-bond acceptors (Lipinski definition) is 5. The number of alkyl halides is 1. The normalized spacial score (nSPS) is 48.9. The Morgan fingerprint density at radius 1 is 1.00 bits per heavy atom. The van der Waals surface area contributed by atoms with E-state index in [-0.39, 0.29) is 45.7 Å². The highest BCUT2D eigenvalue weighted by Crippen LogP contribution is 2.66. The molecule has 4 unspecified atom stereocenters. The monoisotopic (exact) mass is 468 g/mol. The van der Waals surface area contributed by atoms with Gasteiger partial charge < -0.3 is 9.47 Å². The van der Waals surface area contributed by atoms with Gasteiger partial charge in [0.05, 0.1) is 4.83 Å². The van der Waals surface area contributed by atoms with E-state index in [2.05, 4.69) is 29.8 Å². The number of fused-ring (bicyclic) bond motifs is 5. The summed E-state index contributed by atoms with van der Waals surface area (Å²) >= 11 is 3.77. The lowest BCUT2D eigenvalue weighted by molar-refractivity contribution is -0.173. The Morgan fingerprint density at radius 2 is 1.66 bits per heavy atom. The summed E-state index contributed by atoms with van der Waals surface area (Å²) in [6, 6.07) is 0. The van der Waals surface area contributed by atoms with Crippen LogP contribution in [0.4, 0.5) is 0 Å². The van der Waals surface area contributed by atoms with Crippen molar-refractivity contribution in [3.05, 3.63) is 0 Å². The number of halogens is 1. The van der Waals surface area contributed by atoms with Crippen molar-refractivity contribution in [2.24, 2.45) is 34.5 Å². The highest BCUT2D eigenvalue weighted by Gasteiger charge is 2.64. The summed E-state index contributed by atoms with van der Waals surface area (Å²) in [5.74, 6) is 1.14. The Bertz CT molecular complexity index is 722. The second kappa shape index (κ2) is 7.35. The zero-order chi connectivity index (χ0) is 21.1. The fourth-order valence-electron chi connectivity index (χ4n) is 7.70. The van der Waals surface area contributed by atoms with Gasteiger partial charge in [0.25, 0.3) is 0 Å². The molecule has 0 aromatic carbocycles. The van der Waals surface area contributed by atoms with Crippen molar-refractivity contribution >= 4 is 33.7 Å². The molecule has 4 aliphatic carbocycles.